The Morgan fingerprint density at radius 1 is 1.57 bits per heavy atom. The highest BCUT2D eigenvalue weighted by atomic mass is 32.1. The van der Waals surface area contributed by atoms with Gasteiger partial charge >= 0.3 is 0 Å². The smallest absolute Gasteiger partial charge is 0.202 e. The summed E-state index contributed by atoms with van der Waals surface area (Å²) < 4.78 is 9.35. The first-order chi connectivity index (χ1) is 6.88. The average molecular weight is 209 g/mol. The second kappa shape index (κ2) is 4.23. The molecule has 74 valence electrons. The van der Waals surface area contributed by atoms with E-state index in [4.69, 9.17) is 4.42 Å². The Hall–Kier alpha value is -1.36. The summed E-state index contributed by atoms with van der Waals surface area (Å²) in [4.78, 5) is 4.28. The molecule has 0 aliphatic carbocycles. The number of nitrogens with zero attached hydrogens (tertiary/aromatic N) is 2. The first kappa shape index (κ1) is 9.21. The lowest BCUT2D eigenvalue weighted by Gasteiger charge is -1.96. The average Bonchev–Trinajstić information content (AvgIpc) is 2.86. The molecule has 0 saturated carbocycles. The minimum Gasteiger partial charge on any atom is -0.467 e. The summed E-state index contributed by atoms with van der Waals surface area (Å²) in [5.41, 5.74) is 0. The van der Waals surface area contributed by atoms with Crippen molar-refractivity contribution in [2.75, 3.05) is 5.32 Å². The minimum atomic E-state index is 0.658. The largest absolute Gasteiger partial charge is 0.467 e. The molecule has 0 aliphatic heterocycles. The summed E-state index contributed by atoms with van der Waals surface area (Å²) in [5.74, 6) is 1.79. The second-order valence-corrected chi connectivity index (χ2v) is 3.55. The molecule has 0 fully saturated rings. The van der Waals surface area contributed by atoms with Gasteiger partial charge in [0.15, 0.2) is 0 Å². The molecule has 0 aliphatic rings. The lowest BCUT2D eigenvalue weighted by molar-refractivity contribution is 0.518. The van der Waals surface area contributed by atoms with Crippen molar-refractivity contribution in [2.45, 2.75) is 19.9 Å². The zero-order valence-corrected chi connectivity index (χ0v) is 8.67. The van der Waals surface area contributed by atoms with Gasteiger partial charge in [-0.3, -0.25) is 0 Å². The van der Waals surface area contributed by atoms with E-state index in [1.54, 1.807) is 6.26 Å². The SMILES string of the molecule is CCc1nsc(NCc2ccco2)n1. The second-order valence-electron chi connectivity index (χ2n) is 2.80. The Morgan fingerprint density at radius 2 is 2.50 bits per heavy atom. The third kappa shape index (κ3) is 2.11. The van der Waals surface area contributed by atoms with E-state index in [1.807, 2.05) is 19.1 Å². The van der Waals surface area contributed by atoms with E-state index in [1.165, 1.54) is 11.5 Å². The van der Waals surface area contributed by atoms with E-state index in [-0.39, 0.29) is 0 Å². The third-order valence-corrected chi connectivity index (χ3v) is 2.49. The van der Waals surface area contributed by atoms with Crippen LogP contribution >= 0.6 is 11.5 Å². The quantitative estimate of drug-likeness (QED) is 0.839. The van der Waals surface area contributed by atoms with E-state index in [0.717, 1.165) is 23.1 Å². The molecule has 0 amide bonds. The monoisotopic (exact) mass is 209 g/mol. The summed E-state index contributed by atoms with van der Waals surface area (Å²) in [6, 6.07) is 3.79. The van der Waals surface area contributed by atoms with E-state index < -0.39 is 0 Å². The minimum absolute atomic E-state index is 0.658. The summed E-state index contributed by atoms with van der Waals surface area (Å²) in [5, 5.41) is 4.00. The molecule has 2 aromatic rings. The Balaban J connectivity index is 1.92. The zero-order valence-electron chi connectivity index (χ0n) is 7.86. The third-order valence-electron chi connectivity index (χ3n) is 1.78. The van der Waals surface area contributed by atoms with Gasteiger partial charge in [0.1, 0.15) is 11.6 Å². The van der Waals surface area contributed by atoms with Crippen LogP contribution in [0.15, 0.2) is 22.8 Å². The standard InChI is InChI=1S/C9H11N3OS/c1-2-8-11-9(14-12-8)10-6-7-4-3-5-13-7/h3-5H,2,6H2,1H3,(H,10,11,12). The summed E-state index contributed by atoms with van der Waals surface area (Å²) in [7, 11) is 0. The first-order valence-corrected chi connectivity index (χ1v) is 5.24. The highest BCUT2D eigenvalue weighted by molar-refractivity contribution is 7.09. The molecule has 2 rings (SSSR count). The number of rotatable bonds is 4. The zero-order chi connectivity index (χ0) is 9.80. The van der Waals surface area contributed by atoms with Crippen LogP contribution in [0.1, 0.15) is 18.5 Å². The number of aryl methyl sites for hydroxylation is 1. The molecule has 0 atom stereocenters. The Kier molecular flexibility index (Phi) is 2.78. The number of anilines is 1. The molecule has 1 N–H and O–H groups in total. The van der Waals surface area contributed by atoms with Gasteiger partial charge in [-0.05, 0) is 12.1 Å². The van der Waals surface area contributed by atoms with Gasteiger partial charge in [0.25, 0.3) is 0 Å². The van der Waals surface area contributed by atoms with Crippen LogP contribution in [0.25, 0.3) is 0 Å². The highest BCUT2D eigenvalue weighted by Crippen LogP contribution is 2.12. The van der Waals surface area contributed by atoms with Crippen molar-refractivity contribution in [3.05, 3.63) is 30.0 Å². The van der Waals surface area contributed by atoms with Crippen LogP contribution in [0, 0.1) is 0 Å². The number of aromatic nitrogens is 2. The Bertz CT molecular complexity index is 382. The summed E-state index contributed by atoms with van der Waals surface area (Å²) in [6.45, 7) is 2.70. The van der Waals surface area contributed by atoms with E-state index in [0.29, 0.717) is 6.54 Å². The molecule has 0 aromatic carbocycles. The fraction of sp³-hybridized carbons (Fsp3) is 0.333. The highest BCUT2D eigenvalue weighted by Gasteiger charge is 2.01. The number of furan rings is 1. The lowest BCUT2D eigenvalue weighted by atomic mass is 10.4. The molecular weight excluding hydrogens is 198 g/mol. The van der Waals surface area contributed by atoms with Crippen molar-refractivity contribution >= 4 is 16.7 Å². The molecule has 14 heavy (non-hydrogen) atoms. The molecule has 2 aromatic heterocycles. The van der Waals surface area contributed by atoms with E-state index in [2.05, 4.69) is 14.7 Å². The topological polar surface area (TPSA) is 51.0 Å². The van der Waals surface area contributed by atoms with Crippen molar-refractivity contribution in [1.82, 2.24) is 9.36 Å². The van der Waals surface area contributed by atoms with Crippen LogP contribution in [0.5, 0.6) is 0 Å². The van der Waals surface area contributed by atoms with Gasteiger partial charge in [-0.1, -0.05) is 6.92 Å². The maximum absolute atomic E-state index is 5.18. The molecule has 4 nitrogen and oxygen atoms in total. The van der Waals surface area contributed by atoms with Crippen LogP contribution in [0.4, 0.5) is 5.13 Å². The predicted octanol–water partition coefficient (Wildman–Crippen LogP) is 2.31. The Morgan fingerprint density at radius 3 is 3.14 bits per heavy atom. The van der Waals surface area contributed by atoms with Gasteiger partial charge in [-0.15, -0.1) is 0 Å². The first-order valence-electron chi connectivity index (χ1n) is 4.47. The van der Waals surface area contributed by atoms with Crippen LogP contribution in [0.3, 0.4) is 0 Å². The van der Waals surface area contributed by atoms with Gasteiger partial charge in [0, 0.05) is 18.0 Å². The van der Waals surface area contributed by atoms with Crippen molar-refractivity contribution < 1.29 is 4.42 Å². The molecule has 0 unspecified atom stereocenters. The maximum Gasteiger partial charge on any atom is 0.202 e. The van der Waals surface area contributed by atoms with Crippen LogP contribution < -0.4 is 5.32 Å². The maximum atomic E-state index is 5.18. The number of nitrogens with one attached hydrogen (secondary N) is 1. The molecule has 5 heteroatoms. The molecule has 0 spiro atoms. The van der Waals surface area contributed by atoms with Gasteiger partial charge in [-0.25, -0.2) is 4.98 Å². The van der Waals surface area contributed by atoms with Crippen molar-refractivity contribution in [3.8, 4) is 0 Å². The van der Waals surface area contributed by atoms with Crippen molar-refractivity contribution in [3.63, 3.8) is 0 Å². The fourth-order valence-electron chi connectivity index (χ4n) is 1.05. The van der Waals surface area contributed by atoms with Gasteiger partial charge < -0.3 is 9.73 Å². The van der Waals surface area contributed by atoms with E-state index >= 15 is 0 Å². The number of hydrogen-bond donors (Lipinski definition) is 1. The molecule has 2 heterocycles. The van der Waals surface area contributed by atoms with Gasteiger partial charge in [-0.2, -0.15) is 4.37 Å². The molecule has 0 bridgehead atoms. The normalized spacial score (nSPS) is 10.4. The summed E-state index contributed by atoms with van der Waals surface area (Å²) >= 11 is 1.38. The van der Waals surface area contributed by atoms with Gasteiger partial charge in [0.05, 0.1) is 12.8 Å². The molecule has 0 radical (unpaired) electrons. The van der Waals surface area contributed by atoms with Gasteiger partial charge in [0.2, 0.25) is 5.13 Å². The Labute approximate surface area is 86.1 Å². The van der Waals surface area contributed by atoms with Crippen molar-refractivity contribution in [2.24, 2.45) is 0 Å². The number of hydrogen-bond acceptors (Lipinski definition) is 5. The van der Waals surface area contributed by atoms with Crippen molar-refractivity contribution in [1.29, 1.82) is 0 Å². The van der Waals surface area contributed by atoms with E-state index in [9.17, 15) is 0 Å². The fourth-order valence-corrected chi connectivity index (χ4v) is 1.69. The van der Waals surface area contributed by atoms with Crippen LogP contribution in [0.2, 0.25) is 0 Å². The van der Waals surface area contributed by atoms with Crippen LogP contribution in [-0.4, -0.2) is 9.36 Å². The molecular formula is C9H11N3OS. The predicted molar refractivity (Wildman–Crippen MR) is 55.3 cm³/mol. The lowest BCUT2D eigenvalue weighted by Crippen LogP contribution is -1.97. The molecule has 0 saturated heterocycles. The summed E-state index contributed by atoms with van der Waals surface area (Å²) in [6.07, 6.45) is 2.54. The van der Waals surface area contributed by atoms with Crippen LogP contribution in [-0.2, 0) is 13.0 Å².